The summed E-state index contributed by atoms with van der Waals surface area (Å²) in [6, 6.07) is 1.64. The highest BCUT2D eigenvalue weighted by molar-refractivity contribution is 5.62. The first kappa shape index (κ1) is 16.3. The van der Waals surface area contributed by atoms with Gasteiger partial charge in [-0.3, -0.25) is 10.1 Å². The van der Waals surface area contributed by atoms with E-state index in [1.165, 1.54) is 0 Å². The van der Waals surface area contributed by atoms with Crippen molar-refractivity contribution in [2.45, 2.75) is 26.7 Å². The van der Waals surface area contributed by atoms with E-state index in [-0.39, 0.29) is 13.2 Å². The van der Waals surface area contributed by atoms with Crippen LogP contribution in [0.2, 0.25) is 0 Å². The van der Waals surface area contributed by atoms with Crippen molar-refractivity contribution in [3.63, 3.8) is 0 Å². The smallest absolute Gasteiger partial charge is 0.295 e. The standard InChI is InChI=1S/C13H18F2N2O3/c1-3-13(4-2,8-18)7-16-12-10(17(19)20)6-5-9(14)11(12)15/h5-6,16,18H,3-4,7-8H2,1-2H3. The fourth-order valence-corrected chi connectivity index (χ4v) is 1.92. The highest BCUT2D eigenvalue weighted by Gasteiger charge is 2.28. The Morgan fingerprint density at radius 2 is 1.95 bits per heavy atom. The van der Waals surface area contributed by atoms with Crippen molar-refractivity contribution < 1.29 is 18.8 Å². The molecule has 20 heavy (non-hydrogen) atoms. The number of nitro groups is 1. The molecule has 112 valence electrons. The predicted molar refractivity (Wildman–Crippen MR) is 71.6 cm³/mol. The van der Waals surface area contributed by atoms with E-state index >= 15 is 0 Å². The van der Waals surface area contributed by atoms with Crippen LogP contribution >= 0.6 is 0 Å². The summed E-state index contributed by atoms with van der Waals surface area (Å²) in [7, 11) is 0. The zero-order chi connectivity index (χ0) is 15.3. The van der Waals surface area contributed by atoms with E-state index in [2.05, 4.69) is 5.32 Å². The zero-order valence-electron chi connectivity index (χ0n) is 11.4. The first-order valence-corrected chi connectivity index (χ1v) is 6.38. The SMILES string of the molecule is CCC(CC)(CO)CNc1c([N+](=O)[O-])ccc(F)c1F. The van der Waals surface area contributed by atoms with E-state index < -0.39 is 33.3 Å². The van der Waals surface area contributed by atoms with Crippen LogP contribution in [0.5, 0.6) is 0 Å². The molecule has 2 N–H and O–H groups in total. The van der Waals surface area contributed by atoms with Gasteiger partial charge in [0.05, 0.1) is 11.5 Å². The number of anilines is 1. The fraction of sp³-hybridized carbons (Fsp3) is 0.538. The van der Waals surface area contributed by atoms with E-state index in [0.717, 1.165) is 12.1 Å². The highest BCUT2D eigenvalue weighted by Crippen LogP contribution is 2.32. The molecule has 0 radical (unpaired) electrons. The minimum Gasteiger partial charge on any atom is -0.396 e. The summed E-state index contributed by atoms with van der Waals surface area (Å²) in [6.45, 7) is 3.70. The number of halogens is 2. The number of nitro benzene ring substituents is 1. The molecule has 0 unspecified atom stereocenters. The molecule has 5 nitrogen and oxygen atoms in total. The Balaban J connectivity index is 3.08. The average Bonchev–Trinajstić information content (AvgIpc) is 2.44. The maximum atomic E-state index is 13.7. The normalized spacial score (nSPS) is 11.4. The molecule has 0 aliphatic heterocycles. The number of aliphatic hydroxyl groups is 1. The molecule has 0 saturated heterocycles. The molecular formula is C13H18F2N2O3. The van der Waals surface area contributed by atoms with Crippen LogP contribution in [0, 0.1) is 27.2 Å². The number of aliphatic hydroxyl groups excluding tert-OH is 1. The second-order valence-corrected chi connectivity index (χ2v) is 4.73. The molecule has 1 aromatic carbocycles. The van der Waals surface area contributed by atoms with Gasteiger partial charge < -0.3 is 10.4 Å². The first-order chi connectivity index (χ1) is 9.40. The lowest BCUT2D eigenvalue weighted by atomic mass is 9.83. The van der Waals surface area contributed by atoms with Gasteiger partial charge >= 0.3 is 0 Å². The minimum atomic E-state index is -1.28. The van der Waals surface area contributed by atoms with Crippen LogP contribution in [0.25, 0.3) is 0 Å². The molecule has 0 atom stereocenters. The van der Waals surface area contributed by atoms with E-state index in [1.54, 1.807) is 0 Å². The molecule has 0 heterocycles. The molecule has 1 rings (SSSR count). The third-order valence-corrected chi connectivity index (χ3v) is 3.75. The van der Waals surface area contributed by atoms with E-state index in [1.807, 2.05) is 13.8 Å². The second kappa shape index (κ2) is 6.60. The van der Waals surface area contributed by atoms with Crippen LogP contribution in [-0.2, 0) is 0 Å². The summed E-state index contributed by atoms with van der Waals surface area (Å²) in [4.78, 5) is 10.1. The summed E-state index contributed by atoms with van der Waals surface area (Å²) in [5, 5.41) is 22.8. The van der Waals surface area contributed by atoms with Gasteiger partial charge in [-0.05, 0) is 18.9 Å². The molecule has 7 heteroatoms. The van der Waals surface area contributed by atoms with Crippen molar-refractivity contribution in [3.8, 4) is 0 Å². The summed E-state index contributed by atoms with van der Waals surface area (Å²) < 4.78 is 26.9. The first-order valence-electron chi connectivity index (χ1n) is 6.38. The topological polar surface area (TPSA) is 75.4 Å². The van der Waals surface area contributed by atoms with Crippen LogP contribution < -0.4 is 5.32 Å². The van der Waals surface area contributed by atoms with Gasteiger partial charge in [-0.1, -0.05) is 13.8 Å². The fourth-order valence-electron chi connectivity index (χ4n) is 1.92. The third-order valence-electron chi connectivity index (χ3n) is 3.75. The van der Waals surface area contributed by atoms with Gasteiger partial charge in [0.2, 0.25) is 0 Å². The Kier molecular flexibility index (Phi) is 5.38. The Morgan fingerprint density at radius 3 is 2.40 bits per heavy atom. The van der Waals surface area contributed by atoms with E-state index in [4.69, 9.17) is 0 Å². The number of nitrogens with one attached hydrogen (secondary N) is 1. The molecule has 0 saturated carbocycles. The molecule has 0 spiro atoms. The third kappa shape index (κ3) is 3.22. The maximum Gasteiger partial charge on any atom is 0.295 e. The Bertz CT molecular complexity index is 482. The van der Waals surface area contributed by atoms with Crippen LogP contribution in [0.3, 0.4) is 0 Å². The van der Waals surface area contributed by atoms with E-state index in [0.29, 0.717) is 12.8 Å². The number of rotatable bonds is 7. The quantitative estimate of drug-likeness (QED) is 0.597. The summed E-state index contributed by atoms with van der Waals surface area (Å²) in [6.07, 6.45) is 1.22. The lowest BCUT2D eigenvalue weighted by Gasteiger charge is -2.29. The molecule has 0 aromatic heterocycles. The lowest BCUT2D eigenvalue weighted by molar-refractivity contribution is -0.384. The van der Waals surface area contributed by atoms with Gasteiger partial charge in [-0.15, -0.1) is 0 Å². The predicted octanol–water partition coefficient (Wildman–Crippen LogP) is 3.08. The van der Waals surface area contributed by atoms with Crippen molar-refractivity contribution in [3.05, 3.63) is 33.9 Å². The van der Waals surface area contributed by atoms with Crippen molar-refractivity contribution in [2.75, 3.05) is 18.5 Å². The van der Waals surface area contributed by atoms with Crippen LogP contribution in [0.4, 0.5) is 20.2 Å². The molecule has 1 aromatic rings. The van der Waals surface area contributed by atoms with Gasteiger partial charge in [0.25, 0.3) is 5.69 Å². The molecule has 0 fully saturated rings. The summed E-state index contributed by atoms with van der Waals surface area (Å²) in [5.74, 6) is -2.43. The maximum absolute atomic E-state index is 13.7. The molecule has 0 aliphatic carbocycles. The van der Waals surface area contributed by atoms with Crippen LogP contribution in [-0.4, -0.2) is 23.2 Å². The molecule has 0 bridgehead atoms. The lowest BCUT2D eigenvalue weighted by Crippen LogP contribution is -2.32. The Morgan fingerprint density at radius 1 is 1.35 bits per heavy atom. The monoisotopic (exact) mass is 288 g/mol. The number of hydrogen-bond donors (Lipinski definition) is 2. The number of hydrogen-bond acceptors (Lipinski definition) is 4. The average molecular weight is 288 g/mol. The van der Waals surface area contributed by atoms with Gasteiger partial charge in [-0.2, -0.15) is 0 Å². The molecule has 0 aliphatic rings. The van der Waals surface area contributed by atoms with Crippen molar-refractivity contribution in [1.29, 1.82) is 0 Å². The number of benzene rings is 1. The van der Waals surface area contributed by atoms with Crippen LogP contribution in [0.1, 0.15) is 26.7 Å². The minimum absolute atomic E-state index is 0.123. The van der Waals surface area contributed by atoms with Crippen LogP contribution in [0.15, 0.2) is 12.1 Å². The Hall–Kier alpha value is -1.76. The number of nitrogens with zero attached hydrogens (tertiary/aromatic N) is 1. The van der Waals surface area contributed by atoms with Gasteiger partial charge in [0.15, 0.2) is 17.3 Å². The Labute approximate surface area is 115 Å². The van der Waals surface area contributed by atoms with Gasteiger partial charge in [0, 0.05) is 18.0 Å². The summed E-state index contributed by atoms with van der Waals surface area (Å²) in [5.41, 5.74) is -1.52. The van der Waals surface area contributed by atoms with Gasteiger partial charge in [0.1, 0.15) is 0 Å². The molecular weight excluding hydrogens is 270 g/mol. The largest absolute Gasteiger partial charge is 0.396 e. The van der Waals surface area contributed by atoms with Crippen molar-refractivity contribution in [2.24, 2.45) is 5.41 Å². The van der Waals surface area contributed by atoms with Crippen molar-refractivity contribution >= 4 is 11.4 Å². The summed E-state index contributed by atoms with van der Waals surface area (Å²) >= 11 is 0. The van der Waals surface area contributed by atoms with E-state index in [9.17, 15) is 24.0 Å². The molecule has 0 amide bonds. The second-order valence-electron chi connectivity index (χ2n) is 4.73. The van der Waals surface area contributed by atoms with Gasteiger partial charge in [-0.25, -0.2) is 8.78 Å². The highest BCUT2D eigenvalue weighted by atomic mass is 19.2. The van der Waals surface area contributed by atoms with Crippen molar-refractivity contribution in [1.82, 2.24) is 0 Å². The zero-order valence-corrected chi connectivity index (χ0v) is 11.4.